The van der Waals surface area contributed by atoms with Gasteiger partial charge in [-0.2, -0.15) is 0 Å². The number of rotatable bonds is 5. The Bertz CT molecular complexity index is 829. The van der Waals surface area contributed by atoms with E-state index in [1.165, 1.54) is 11.0 Å². The van der Waals surface area contributed by atoms with Crippen molar-refractivity contribution in [3.05, 3.63) is 66.2 Å². The summed E-state index contributed by atoms with van der Waals surface area (Å²) >= 11 is 0. The van der Waals surface area contributed by atoms with Gasteiger partial charge in [0, 0.05) is 0 Å². The zero-order valence-electron chi connectivity index (χ0n) is 14.7. The molecule has 26 heavy (non-hydrogen) atoms. The number of anilines is 1. The van der Waals surface area contributed by atoms with E-state index >= 15 is 0 Å². The molecule has 0 spiro atoms. The van der Waals surface area contributed by atoms with E-state index in [1.807, 2.05) is 19.9 Å². The van der Waals surface area contributed by atoms with Crippen LogP contribution in [0.4, 0.5) is 10.5 Å². The van der Waals surface area contributed by atoms with Crippen LogP contribution in [0.3, 0.4) is 0 Å². The van der Waals surface area contributed by atoms with Crippen LogP contribution >= 0.6 is 0 Å². The van der Waals surface area contributed by atoms with Gasteiger partial charge in [-0.25, -0.2) is 9.59 Å². The van der Waals surface area contributed by atoms with Crippen molar-refractivity contribution in [2.75, 3.05) is 11.4 Å². The Kier molecular flexibility index (Phi) is 5.07. The predicted molar refractivity (Wildman–Crippen MR) is 99.1 cm³/mol. The summed E-state index contributed by atoms with van der Waals surface area (Å²) in [4.78, 5) is 26.5. The molecule has 133 valence electrons. The molecule has 1 radical (unpaired) electrons. The maximum atomic E-state index is 12.7. The highest BCUT2D eigenvalue weighted by molar-refractivity contribution is 6.02. The summed E-state index contributed by atoms with van der Waals surface area (Å²) in [7, 11) is 0. The first-order valence-electron chi connectivity index (χ1n) is 8.44. The molecule has 3 rings (SSSR count). The third-order valence-electron chi connectivity index (χ3n) is 4.26. The molecule has 0 aliphatic carbocycles. The second kappa shape index (κ2) is 7.44. The first-order valence-corrected chi connectivity index (χ1v) is 8.44. The molecule has 1 amide bonds. The molecule has 0 saturated carbocycles. The van der Waals surface area contributed by atoms with Gasteiger partial charge in [-0.05, 0) is 35.7 Å². The Labute approximate surface area is 152 Å². The average Bonchev–Trinajstić information content (AvgIpc) is 3.04. The number of hydrogen-bond acceptors (Lipinski definition) is 4. The Morgan fingerprint density at radius 1 is 1.27 bits per heavy atom. The second-order valence-electron chi connectivity index (χ2n) is 6.42. The van der Waals surface area contributed by atoms with Gasteiger partial charge in [0.25, 0.3) is 0 Å². The monoisotopic (exact) mass is 350 g/mol. The lowest BCUT2D eigenvalue weighted by atomic mass is 10.1. The molecule has 1 fully saturated rings. The highest BCUT2D eigenvalue weighted by atomic mass is 16.6. The topological polar surface area (TPSA) is 55.8 Å². The van der Waals surface area contributed by atoms with Crippen molar-refractivity contribution in [2.45, 2.75) is 20.0 Å². The third kappa shape index (κ3) is 3.61. The first-order chi connectivity index (χ1) is 12.5. The lowest BCUT2D eigenvalue weighted by Gasteiger charge is -2.18. The number of amides is 1. The van der Waals surface area contributed by atoms with Crippen LogP contribution in [0.25, 0.3) is 6.08 Å². The molecule has 0 bridgehead atoms. The molecule has 1 saturated heterocycles. The average molecular weight is 350 g/mol. The molecule has 5 heteroatoms. The molecule has 2 aromatic carbocycles. The number of para-hydroxylation sites is 1. The van der Waals surface area contributed by atoms with Crippen LogP contribution in [0.15, 0.2) is 48.5 Å². The Hall–Kier alpha value is -3.08. The normalized spacial score (nSPS) is 16.5. The van der Waals surface area contributed by atoms with Crippen LogP contribution in [0.1, 0.15) is 29.8 Å². The Balaban J connectivity index is 1.94. The van der Waals surface area contributed by atoms with Gasteiger partial charge in [-0.3, -0.25) is 4.90 Å². The summed E-state index contributed by atoms with van der Waals surface area (Å²) in [5.74, 6) is 0.0606. The number of hydrogen-bond donors (Lipinski definition) is 0. The molecular weight excluding hydrogens is 330 g/mol. The van der Waals surface area contributed by atoms with Crippen LogP contribution in [-0.2, 0) is 4.74 Å². The van der Waals surface area contributed by atoms with Gasteiger partial charge in [0.05, 0.1) is 17.8 Å². The Morgan fingerprint density at radius 3 is 2.62 bits per heavy atom. The van der Waals surface area contributed by atoms with E-state index in [0.717, 1.165) is 0 Å². The van der Waals surface area contributed by atoms with Gasteiger partial charge >= 0.3 is 12.1 Å². The lowest BCUT2D eigenvalue weighted by molar-refractivity contribution is 0.0735. The molecule has 1 heterocycles. The number of nitrogens with zero attached hydrogens (tertiary/aromatic N) is 1. The molecular formula is C21H20NO4. The van der Waals surface area contributed by atoms with E-state index in [1.54, 1.807) is 42.5 Å². The van der Waals surface area contributed by atoms with Crippen molar-refractivity contribution in [1.29, 1.82) is 0 Å². The van der Waals surface area contributed by atoms with Crippen LogP contribution < -0.4 is 9.64 Å². The Morgan fingerprint density at radius 2 is 2.00 bits per heavy atom. The van der Waals surface area contributed by atoms with Gasteiger partial charge in [-0.15, -0.1) is 0 Å². The fourth-order valence-corrected chi connectivity index (χ4v) is 2.73. The number of cyclic esters (lactones) is 1. The molecule has 1 unspecified atom stereocenters. The molecule has 5 nitrogen and oxygen atoms in total. The summed E-state index contributed by atoms with van der Waals surface area (Å²) in [6.45, 7) is 9.94. The highest BCUT2D eigenvalue weighted by Gasteiger charge is 2.36. The van der Waals surface area contributed by atoms with Crippen molar-refractivity contribution in [1.82, 2.24) is 0 Å². The lowest BCUT2D eigenvalue weighted by Crippen LogP contribution is -2.28. The zero-order chi connectivity index (χ0) is 18.7. The van der Waals surface area contributed by atoms with E-state index in [0.29, 0.717) is 23.5 Å². The van der Waals surface area contributed by atoms with Crippen LogP contribution in [0.2, 0.25) is 0 Å². The van der Waals surface area contributed by atoms with E-state index < -0.39 is 12.1 Å². The van der Waals surface area contributed by atoms with Gasteiger partial charge in [0.1, 0.15) is 11.9 Å². The fourth-order valence-electron chi connectivity index (χ4n) is 2.73. The summed E-state index contributed by atoms with van der Waals surface area (Å²) < 4.78 is 10.8. The van der Waals surface area contributed by atoms with Gasteiger partial charge in [-0.1, -0.05) is 50.8 Å². The quantitative estimate of drug-likeness (QED) is 0.595. The molecule has 1 atom stereocenters. The van der Waals surface area contributed by atoms with Crippen molar-refractivity contribution in [2.24, 2.45) is 5.92 Å². The molecule has 0 N–H and O–H groups in total. The van der Waals surface area contributed by atoms with Crippen LogP contribution in [-0.4, -0.2) is 24.7 Å². The minimum atomic E-state index is -0.546. The fraction of sp³-hybridized carbons (Fsp3) is 0.238. The maximum absolute atomic E-state index is 12.7. The first kappa shape index (κ1) is 17.7. The number of ether oxygens (including phenoxy) is 2. The van der Waals surface area contributed by atoms with Gasteiger partial charge in [0.2, 0.25) is 0 Å². The van der Waals surface area contributed by atoms with Crippen molar-refractivity contribution < 1.29 is 19.1 Å². The van der Waals surface area contributed by atoms with Crippen molar-refractivity contribution in [3.63, 3.8) is 0 Å². The van der Waals surface area contributed by atoms with E-state index in [2.05, 4.69) is 0 Å². The van der Waals surface area contributed by atoms with Gasteiger partial charge in [0.15, 0.2) is 0 Å². The number of carbonyl (C=O) groups excluding carboxylic acids is 2. The van der Waals surface area contributed by atoms with Crippen LogP contribution in [0, 0.1) is 12.5 Å². The smallest absolute Gasteiger partial charge is 0.414 e. The summed E-state index contributed by atoms with van der Waals surface area (Å²) in [5, 5.41) is 0. The summed E-state index contributed by atoms with van der Waals surface area (Å²) in [5.41, 5.74) is 1.40. The number of esters is 1. The van der Waals surface area contributed by atoms with E-state index in [9.17, 15) is 9.59 Å². The van der Waals surface area contributed by atoms with Crippen molar-refractivity contribution >= 4 is 23.8 Å². The maximum Gasteiger partial charge on any atom is 0.414 e. The number of carbonyl (C=O) groups is 2. The van der Waals surface area contributed by atoms with E-state index in [4.69, 9.17) is 16.1 Å². The molecule has 2 aromatic rings. The molecule has 0 aromatic heterocycles. The standard InChI is InChI=1S/C21H20NO4/c1-4-15-10-11-17(20(23)25-16-8-6-5-7-9-16)18(12-15)22-13-19(14(2)3)26-21(22)24/h1,4-12,14,19H,13H2,2-3H3. The summed E-state index contributed by atoms with van der Waals surface area (Å²) in [6, 6.07) is 13.8. The molecule has 1 aliphatic heterocycles. The minimum absolute atomic E-state index is 0.174. The second-order valence-corrected chi connectivity index (χ2v) is 6.42. The minimum Gasteiger partial charge on any atom is -0.444 e. The molecule has 1 aliphatic rings. The third-order valence-corrected chi connectivity index (χ3v) is 4.26. The predicted octanol–water partition coefficient (Wildman–Crippen LogP) is 4.33. The van der Waals surface area contributed by atoms with E-state index in [-0.39, 0.29) is 17.6 Å². The zero-order valence-corrected chi connectivity index (χ0v) is 14.7. The van der Waals surface area contributed by atoms with Crippen molar-refractivity contribution in [3.8, 4) is 5.75 Å². The summed E-state index contributed by atoms with van der Waals surface area (Å²) in [6.07, 6.45) is 0.703. The largest absolute Gasteiger partial charge is 0.444 e. The van der Waals surface area contributed by atoms with Crippen LogP contribution in [0.5, 0.6) is 5.75 Å². The number of benzene rings is 2. The van der Waals surface area contributed by atoms with Gasteiger partial charge < -0.3 is 9.47 Å². The highest BCUT2D eigenvalue weighted by Crippen LogP contribution is 2.30. The SMILES string of the molecule is [CH]=Cc1ccc(C(=O)Oc2ccccc2)c(N2CC(C(C)C)OC2=O)c1.